The van der Waals surface area contributed by atoms with Crippen molar-refractivity contribution in [2.75, 3.05) is 17.7 Å². The third-order valence-electron chi connectivity index (χ3n) is 4.13. The van der Waals surface area contributed by atoms with E-state index in [4.69, 9.17) is 9.26 Å². The fraction of sp³-hybridized carbons (Fsp3) is 0.300. The number of esters is 1. The van der Waals surface area contributed by atoms with Crippen LogP contribution in [0.2, 0.25) is 0 Å². The van der Waals surface area contributed by atoms with Crippen LogP contribution in [0.25, 0.3) is 5.69 Å². The minimum Gasteiger partial charge on any atom is -0.461 e. The molecule has 0 unspecified atom stereocenters. The molecule has 0 aliphatic carbocycles. The number of thioether (sulfide) groups is 1. The molecule has 0 fully saturated rings. The summed E-state index contributed by atoms with van der Waals surface area (Å²) in [6.45, 7) is 5.79. The van der Waals surface area contributed by atoms with E-state index in [1.54, 1.807) is 36.0 Å². The Balaban J connectivity index is 1.58. The number of nitrogens with one attached hydrogen (secondary N) is 1. The normalized spacial score (nSPS) is 10.7. The van der Waals surface area contributed by atoms with Gasteiger partial charge in [-0.3, -0.25) is 4.79 Å². The van der Waals surface area contributed by atoms with Crippen LogP contribution < -0.4 is 5.32 Å². The van der Waals surface area contributed by atoms with Crippen LogP contribution in [0.3, 0.4) is 0 Å². The van der Waals surface area contributed by atoms with Gasteiger partial charge in [-0.15, -0.1) is 11.8 Å². The van der Waals surface area contributed by atoms with Crippen molar-refractivity contribution in [2.24, 2.45) is 0 Å². The Bertz CT molecular complexity index is 992. The van der Waals surface area contributed by atoms with Gasteiger partial charge < -0.3 is 14.6 Å². The lowest BCUT2D eigenvalue weighted by molar-refractivity contribution is -0.113. The summed E-state index contributed by atoms with van der Waals surface area (Å²) in [6.07, 6.45) is 1.67. The second-order valence-corrected chi connectivity index (χ2v) is 7.25. The summed E-state index contributed by atoms with van der Waals surface area (Å²) in [5, 5.41) is 11.0. The molecule has 1 N–H and O–H groups in total. The quantitative estimate of drug-likeness (QED) is 0.563. The summed E-state index contributed by atoms with van der Waals surface area (Å²) in [5.41, 5.74) is 3.49. The summed E-state index contributed by atoms with van der Waals surface area (Å²) in [4.78, 5) is 24.0. The van der Waals surface area contributed by atoms with E-state index in [1.165, 1.54) is 11.8 Å². The van der Waals surface area contributed by atoms with E-state index in [2.05, 4.69) is 15.6 Å². The Morgan fingerprint density at radius 3 is 2.83 bits per heavy atom. The molecule has 1 aromatic carbocycles. The highest BCUT2D eigenvalue weighted by molar-refractivity contribution is 7.99. The van der Waals surface area contributed by atoms with Crippen molar-refractivity contribution in [3.05, 3.63) is 59.2 Å². The lowest BCUT2D eigenvalue weighted by Gasteiger charge is -2.08. The fourth-order valence-corrected chi connectivity index (χ4v) is 3.63. The van der Waals surface area contributed by atoms with Gasteiger partial charge in [-0.1, -0.05) is 11.2 Å². The summed E-state index contributed by atoms with van der Waals surface area (Å²) in [6, 6.07) is 8.83. The summed E-state index contributed by atoms with van der Waals surface area (Å²) >= 11 is 1.50. The smallest absolute Gasteiger partial charge is 0.358 e. The number of amides is 1. The minimum atomic E-state index is -0.467. The molecule has 0 radical (unpaired) electrons. The highest BCUT2D eigenvalue weighted by Gasteiger charge is 2.12. The summed E-state index contributed by atoms with van der Waals surface area (Å²) < 4.78 is 11.6. The van der Waals surface area contributed by atoms with Crippen LogP contribution in [0.4, 0.5) is 5.69 Å². The molecule has 3 rings (SSSR count). The Morgan fingerprint density at radius 1 is 1.28 bits per heavy atom. The van der Waals surface area contributed by atoms with E-state index in [0.29, 0.717) is 23.8 Å². The molecule has 0 atom stereocenters. The highest BCUT2D eigenvalue weighted by Crippen LogP contribution is 2.20. The SMILES string of the molecule is CCOC(=O)c1ccn(-c2cccc(NC(=O)CSCc3c(C)noc3C)c2)n1. The van der Waals surface area contributed by atoms with Crippen molar-refractivity contribution in [2.45, 2.75) is 26.5 Å². The standard InChI is InChI=1S/C20H22N4O4S/c1-4-27-20(26)18-8-9-24(22-18)16-7-5-6-15(10-16)21-19(25)12-29-11-17-13(2)23-28-14(17)3/h5-10H,4,11-12H2,1-3H3,(H,21,25). The lowest BCUT2D eigenvalue weighted by atomic mass is 10.2. The molecule has 2 heterocycles. The predicted molar refractivity (Wildman–Crippen MR) is 110 cm³/mol. The topological polar surface area (TPSA) is 99.2 Å². The van der Waals surface area contributed by atoms with E-state index < -0.39 is 5.97 Å². The van der Waals surface area contributed by atoms with Gasteiger partial charge in [0.25, 0.3) is 0 Å². The van der Waals surface area contributed by atoms with Crippen molar-refractivity contribution in [1.82, 2.24) is 14.9 Å². The molecule has 8 nitrogen and oxygen atoms in total. The fourth-order valence-electron chi connectivity index (χ4n) is 2.66. The maximum absolute atomic E-state index is 12.3. The summed E-state index contributed by atoms with van der Waals surface area (Å²) in [7, 11) is 0. The van der Waals surface area contributed by atoms with Crippen LogP contribution in [0.5, 0.6) is 0 Å². The zero-order valence-electron chi connectivity index (χ0n) is 16.5. The average molecular weight is 414 g/mol. The third kappa shape index (κ3) is 5.26. The van der Waals surface area contributed by atoms with Gasteiger partial charge in [0.15, 0.2) is 5.69 Å². The maximum atomic E-state index is 12.3. The molecule has 0 saturated carbocycles. The molecule has 0 saturated heterocycles. The lowest BCUT2D eigenvalue weighted by Crippen LogP contribution is -2.14. The van der Waals surface area contributed by atoms with Crippen LogP contribution in [-0.2, 0) is 15.3 Å². The van der Waals surface area contributed by atoms with E-state index in [9.17, 15) is 9.59 Å². The Labute approximate surface area is 172 Å². The molecule has 1 amide bonds. The number of rotatable bonds is 8. The van der Waals surface area contributed by atoms with Crippen LogP contribution >= 0.6 is 11.8 Å². The predicted octanol–water partition coefficient (Wildman–Crippen LogP) is 3.53. The van der Waals surface area contributed by atoms with Crippen LogP contribution in [-0.4, -0.2) is 39.2 Å². The maximum Gasteiger partial charge on any atom is 0.358 e. The van der Waals surface area contributed by atoms with Crippen molar-refractivity contribution in [3.63, 3.8) is 0 Å². The molecular weight excluding hydrogens is 392 g/mol. The van der Waals surface area contributed by atoms with Gasteiger partial charge in [0.2, 0.25) is 5.91 Å². The minimum absolute atomic E-state index is 0.105. The van der Waals surface area contributed by atoms with E-state index >= 15 is 0 Å². The first-order valence-electron chi connectivity index (χ1n) is 9.10. The van der Waals surface area contributed by atoms with Gasteiger partial charge in [-0.2, -0.15) is 5.10 Å². The second-order valence-electron chi connectivity index (χ2n) is 6.26. The van der Waals surface area contributed by atoms with Crippen molar-refractivity contribution in [1.29, 1.82) is 0 Å². The largest absolute Gasteiger partial charge is 0.461 e. The van der Waals surface area contributed by atoms with Gasteiger partial charge in [-0.05, 0) is 45.0 Å². The molecule has 0 aliphatic heterocycles. The third-order valence-corrected chi connectivity index (χ3v) is 5.09. The first-order valence-corrected chi connectivity index (χ1v) is 10.3. The molecule has 152 valence electrons. The number of nitrogens with zero attached hydrogens (tertiary/aromatic N) is 3. The number of carbonyl (C=O) groups excluding carboxylic acids is 2. The molecule has 2 aromatic heterocycles. The van der Waals surface area contributed by atoms with E-state index in [1.807, 2.05) is 26.0 Å². The zero-order chi connectivity index (χ0) is 20.8. The number of hydrogen-bond acceptors (Lipinski definition) is 7. The number of carbonyl (C=O) groups is 2. The number of benzene rings is 1. The summed E-state index contributed by atoms with van der Waals surface area (Å²) in [5.74, 6) is 1.18. The van der Waals surface area contributed by atoms with Gasteiger partial charge in [0, 0.05) is 23.2 Å². The Kier molecular flexibility index (Phi) is 6.71. The highest BCUT2D eigenvalue weighted by atomic mass is 32.2. The molecular formula is C20H22N4O4S. The number of anilines is 1. The monoisotopic (exact) mass is 414 g/mol. The van der Waals surface area contributed by atoms with E-state index in [-0.39, 0.29) is 11.6 Å². The Hall–Kier alpha value is -3.07. The number of aryl methyl sites for hydroxylation is 2. The zero-order valence-corrected chi connectivity index (χ0v) is 17.3. The van der Waals surface area contributed by atoms with Crippen molar-refractivity contribution >= 4 is 29.3 Å². The first kappa shape index (κ1) is 20.7. The molecule has 3 aromatic rings. The number of hydrogen-bond donors (Lipinski definition) is 1. The van der Waals surface area contributed by atoms with E-state index in [0.717, 1.165) is 22.7 Å². The Morgan fingerprint density at radius 2 is 2.10 bits per heavy atom. The van der Waals surface area contributed by atoms with Gasteiger partial charge in [0.1, 0.15) is 5.76 Å². The first-order chi connectivity index (χ1) is 14.0. The van der Waals surface area contributed by atoms with Crippen molar-refractivity contribution in [3.8, 4) is 5.69 Å². The molecule has 9 heteroatoms. The molecule has 0 aliphatic rings. The van der Waals surface area contributed by atoms with Gasteiger partial charge in [0.05, 0.1) is 23.7 Å². The molecule has 0 bridgehead atoms. The average Bonchev–Trinajstić information content (AvgIpc) is 3.31. The number of ether oxygens (including phenoxy) is 1. The second kappa shape index (κ2) is 9.42. The van der Waals surface area contributed by atoms with Crippen molar-refractivity contribution < 1.29 is 18.8 Å². The van der Waals surface area contributed by atoms with Gasteiger partial charge >= 0.3 is 5.97 Å². The van der Waals surface area contributed by atoms with Crippen LogP contribution in [0.15, 0.2) is 41.1 Å². The van der Waals surface area contributed by atoms with Crippen LogP contribution in [0, 0.1) is 13.8 Å². The molecule has 29 heavy (non-hydrogen) atoms. The van der Waals surface area contributed by atoms with Gasteiger partial charge in [-0.25, -0.2) is 9.48 Å². The number of aromatic nitrogens is 3. The molecule has 0 spiro atoms. The van der Waals surface area contributed by atoms with Crippen LogP contribution in [0.1, 0.15) is 34.4 Å².